The zero-order chi connectivity index (χ0) is 18.6. The molecule has 0 spiro atoms. The molecule has 8 heteroatoms. The molecule has 0 aliphatic rings. The van der Waals surface area contributed by atoms with Crippen LogP contribution >= 0.6 is 11.6 Å². The van der Waals surface area contributed by atoms with E-state index in [1.54, 1.807) is 22.9 Å². The predicted molar refractivity (Wildman–Crippen MR) is 94.3 cm³/mol. The van der Waals surface area contributed by atoms with E-state index in [1.165, 1.54) is 4.90 Å². The largest absolute Gasteiger partial charge is 0.480 e. The second kappa shape index (κ2) is 8.11. The van der Waals surface area contributed by atoms with Gasteiger partial charge in [0.05, 0.1) is 10.7 Å². The summed E-state index contributed by atoms with van der Waals surface area (Å²) in [5.41, 5.74) is 0.625. The Morgan fingerprint density at radius 1 is 1.32 bits per heavy atom. The maximum atomic E-state index is 12.7. The summed E-state index contributed by atoms with van der Waals surface area (Å²) < 4.78 is 1.55. The van der Waals surface area contributed by atoms with Gasteiger partial charge in [-0.2, -0.15) is 0 Å². The monoisotopic (exact) mass is 364 g/mol. The molecule has 134 valence electrons. The normalized spacial score (nSPS) is 10.9. The minimum Gasteiger partial charge on any atom is -0.480 e. The summed E-state index contributed by atoms with van der Waals surface area (Å²) in [5.74, 6) is -1.01. The van der Waals surface area contributed by atoms with Gasteiger partial charge in [-0.15, -0.1) is 5.10 Å². The molecule has 0 unspecified atom stereocenters. The first-order chi connectivity index (χ1) is 11.8. The number of aromatic nitrogens is 3. The van der Waals surface area contributed by atoms with Crippen LogP contribution in [0.3, 0.4) is 0 Å². The van der Waals surface area contributed by atoms with Crippen molar-refractivity contribution in [2.45, 2.75) is 33.1 Å². The van der Waals surface area contributed by atoms with Gasteiger partial charge in [0, 0.05) is 12.5 Å². The van der Waals surface area contributed by atoms with Crippen LogP contribution in [0.25, 0.3) is 5.69 Å². The van der Waals surface area contributed by atoms with Crippen LogP contribution in [0.15, 0.2) is 24.3 Å². The number of carboxylic acid groups (broad SMARTS) is 1. The number of nitrogens with zero attached hydrogens (tertiary/aromatic N) is 4. The number of hydrogen-bond donors (Lipinski definition) is 1. The van der Waals surface area contributed by atoms with Crippen molar-refractivity contribution in [2.24, 2.45) is 0 Å². The molecule has 0 bridgehead atoms. The zero-order valence-corrected chi connectivity index (χ0v) is 15.2. The Balaban J connectivity index is 2.46. The van der Waals surface area contributed by atoms with Crippen LogP contribution in [0, 0.1) is 0 Å². The Hall–Kier alpha value is -2.41. The fourth-order valence-corrected chi connectivity index (χ4v) is 2.63. The molecule has 0 aliphatic carbocycles. The SMILES string of the molecule is CCCN(CC(=O)O)C(=O)c1nc(C(C)C)n(-c2ccccc2Cl)n1. The number of halogens is 1. The molecule has 0 radical (unpaired) electrons. The first kappa shape index (κ1) is 18.9. The second-order valence-electron chi connectivity index (χ2n) is 5.93. The van der Waals surface area contributed by atoms with Gasteiger partial charge in [-0.3, -0.25) is 9.59 Å². The minimum atomic E-state index is -1.07. The van der Waals surface area contributed by atoms with Gasteiger partial charge in [-0.05, 0) is 18.6 Å². The van der Waals surface area contributed by atoms with Crippen molar-refractivity contribution >= 4 is 23.5 Å². The van der Waals surface area contributed by atoms with E-state index >= 15 is 0 Å². The van der Waals surface area contributed by atoms with Gasteiger partial charge in [0.15, 0.2) is 0 Å². The first-order valence-corrected chi connectivity index (χ1v) is 8.45. The highest BCUT2D eigenvalue weighted by atomic mass is 35.5. The number of rotatable bonds is 7. The van der Waals surface area contributed by atoms with Gasteiger partial charge < -0.3 is 10.0 Å². The number of hydrogen-bond acceptors (Lipinski definition) is 4. The molecule has 0 saturated heterocycles. The van der Waals surface area contributed by atoms with Gasteiger partial charge >= 0.3 is 5.97 Å². The number of aliphatic carboxylic acids is 1. The lowest BCUT2D eigenvalue weighted by Crippen LogP contribution is -2.37. The molecule has 0 atom stereocenters. The number of benzene rings is 1. The van der Waals surface area contributed by atoms with Crippen molar-refractivity contribution in [1.82, 2.24) is 19.7 Å². The fraction of sp³-hybridized carbons (Fsp3) is 0.412. The number of amides is 1. The lowest BCUT2D eigenvalue weighted by Gasteiger charge is -2.17. The van der Waals surface area contributed by atoms with Crippen molar-refractivity contribution < 1.29 is 14.7 Å². The van der Waals surface area contributed by atoms with E-state index in [0.717, 1.165) is 0 Å². The molecule has 2 rings (SSSR count). The Bertz CT molecular complexity index is 773. The van der Waals surface area contributed by atoms with E-state index in [-0.39, 0.29) is 18.3 Å². The number of carbonyl (C=O) groups excluding carboxylic acids is 1. The van der Waals surface area contributed by atoms with Crippen LogP contribution < -0.4 is 0 Å². The van der Waals surface area contributed by atoms with Crippen molar-refractivity contribution in [3.05, 3.63) is 40.9 Å². The van der Waals surface area contributed by atoms with E-state index in [0.29, 0.717) is 29.5 Å². The number of carbonyl (C=O) groups is 2. The van der Waals surface area contributed by atoms with Gasteiger partial charge in [0.1, 0.15) is 12.4 Å². The quantitative estimate of drug-likeness (QED) is 0.815. The topological polar surface area (TPSA) is 88.3 Å². The highest BCUT2D eigenvalue weighted by Crippen LogP contribution is 2.24. The van der Waals surface area contributed by atoms with Gasteiger partial charge in [0.25, 0.3) is 5.91 Å². The Morgan fingerprint density at radius 2 is 2.00 bits per heavy atom. The van der Waals surface area contributed by atoms with Crippen LogP contribution in [0.1, 0.15) is 49.6 Å². The third kappa shape index (κ3) is 4.36. The second-order valence-corrected chi connectivity index (χ2v) is 6.34. The summed E-state index contributed by atoms with van der Waals surface area (Å²) in [6, 6.07) is 7.15. The Labute approximate surface area is 151 Å². The van der Waals surface area contributed by atoms with Crippen LogP contribution in [0.5, 0.6) is 0 Å². The summed E-state index contributed by atoms with van der Waals surface area (Å²) in [4.78, 5) is 29.3. The average Bonchev–Trinajstić information content (AvgIpc) is 2.99. The third-order valence-electron chi connectivity index (χ3n) is 3.53. The highest BCUT2D eigenvalue weighted by Gasteiger charge is 2.25. The summed E-state index contributed by atoms with van der Waals surface area (Å²) >= 11 is 6.24. The van der Waals surface area contributed by atoms with Gasteiger partial charge in [-0.25, -0.2) is 9.67 Å². The molecule has 2 aromatic rings. The van der Waals surface area contributed by atoms with Crippen molar-refractivity contribution in [3.63, 3.8) is 0 Å². The van der Waals surface area contributed by atoms with E-state index < -0.39 is 11.9 Å². The first-order valence-electron chi connectivity index (χ1n) is 8.08. The van der Waals surface area contributed by atoms with Crippen LogP contribution in [0.2, 0.25) is 5.02 Å². The molecule has 7 nitrogen and oxygen atoms in total. The predicted octanol–water partition coefficient (Wildman–Crippen LogP) is 2.98. The summed E-state index contributed by atoms with van der Waals surface area (Å²) in [6.07, 6.45) is 0.640. The van der Waals surface area contributed by atoms with Gasteiger partial charge in [-0.1, -0.05) is 44.5 Å². The third-order valence-corrected chi connectivity index (χ3v) is 3.85. The van der Waals surface area contributed by atoms with E-state index in [4.69, 9.17) is 16.7 Å². The molecule has 0 saturated carbocycles. The van der Waals surface area contributed by atoms with Crippen molar-refractivity contribution in [1.29, 1.82) is 0 Å². The van der Waals surface area contributed by atoms with Gasteiger partial charge in [0.2, 0.25) is 5.82 Å². The van der Waals surface area contributed by atoms with Crippen LogP contribution in [-0.2, 0) is 4.79 Å². The lowest BCUT2D eigenvalue weighted by molar-refractivity contribution is -0.137. The fourth-order valence-electron chi connectivity index (χ4n) is 2.42. The maximum absolute atomic E-state index is 12.7. The molecule has 1 N–H and O–H groups in total. The molecule has 1 amide bonds. The molecular weight excluding hydrogens is 344 g/mol. The zero-order valence-electron chi connectivity index (χ0n) is 14.4. The molecule has 25 heavy (non-hydrogen) atoms. The van der Waals surface area contributed by atoms with Crippen LogP contribution in [0.4, 0.5) is 0 Å². The maximum Gasteiger partial charge on any atom is 0.323 e. The summed E-state index contributed by atoms with van der Waals surface area (Å²) in [6.45, 7) is 5.68. The molecule has 0 fully saturated rings. The highest BCUT2D eigenvalue weighted by molar-refractivity contribution is 6.32. The van der Waals surface area contributed by atoms with Crippen molar-refractivity contribution in [2.75, 3.05) is 13.1 Å². The number of carboxylic acids is 1. The molecule has 0 aliphatic heterocycles. The Morgan fingerprint density at radius 3 is 2.56 bits per heavy atom. The van der Waals surface area contributed by atoms with Crippen LogP contribution in [-0.4, -0.2) is 49.7 Å². The number of para-hydroxylation sites is 1. The van der Waals surface area contributed by atoms with E-state index in [2.05, 4.69) is 10.1 Å². The Kier molecular flexibility index (Phi) is 6.14. The standard InChI is InChI=1S/C17H21ClN4O3/c1-4-9-21(10-14(23)24)17(25)15-19-16(11(2)3)22(20-15)13-8-6-5-7-12(13)18/h5-8,11H,4,9-10H2,1-3H3,(H,23,24). The summed E-state index contributed by atoms with van der Waals surface area (Å²) in [5, 5.41) is 13.8. The molecular formula is C17H21ClN4O3. The minimum absolute atomic E-state index is 0.00409. The summed E-state index contributed by atoms with van der Waals surface area (Å²) in [7, 11) is 0. The molecule has 1 aromatic carbocycles. The van der Waals surface area contributed by atoms with E-state index in [1.807, 2.05) is 26.8 Å². The smallest absolute Gasteiger partial charge is 0.323 e. The van der Waals surface area contributed by atoms with E-state index in [9.17, 15) is 9.59 Å². The average molecular weight is 365 g/mol. The lowest BCUT2D eigenvalue weighted by atomic mass is 10.2. The van der Waals surface area contributed by atoms with Crippen molar-refractivity contribution in [3.8, 4) is 5.69 Å². The molecule has 1 heterocycles. The molecule has 1 aromatic heterocycles.